The summed E-state index contributed by atoms with van der Waals surface area (Å²) < 4.78 is 5.00. The number of amides is 1. The lowest BCUT2D eigenvalue weighted by Crippen LogP contribution is -2.12. The summed E-state index contributed by atoms with van der Waals surface area (Å²) in [6.07, 6.45) is 21.9. The van der Waals surface area contributed by atoms with E-state index in [1.54, 1.807) is 6.92 Å². The molecule has 1 N–H and O–H groups in total. The van der Waals surface area contributed by atoms with Crippen molar-refractivity contribution < 1.29 is 14.3 Å². The highest BCUT2D eigenvalue weighted by Crippen LogP contribution is 2.17. The van der Waals surface area contributed by atoms with E-state index in [1.807, 2.05) is 25.1 Å². The second-order valence-electron chi connectivity index (χ2n) is 9.01. The number of benzene rings is 1. The summed E-state index contributed by atoms with van der Waals surface area (Å²) in [7, 11) is 0. The molecule has 0 spiro atoms. The lowest BCUT2D eigenvalue weighted by Gasteiger charge is -2.10. The van der Waals surface area contributed by atoms with E-state index in [-0.39, 0.29) is 18.3 Å². The normalized spacial score (nSPS) is 11.1. The van der Waals surface area contributed by atoms with Gasteiger partial charge in [0, 0.05) is 12.1 Å². The minimum absolute atomic E-state index is 0.0603. The number of carbonyl (C=O) groups excluding carboxylic acids is 2. The van der Waals surface area contributed by atoms with Crippen molar-refractivity contribution in [3.8, 4) is 0 Å². The number of hydrogen-bond donors (Lipinski definition) is 1. The molecule has 33 heavy (non-hydrogen) atoms. The molecule has 0 saturated carbocycles. The highest BCUT2D eigenvalue weighted by atomic mass is 16.5. The summed E-state index contributed by atoms with van der Waals surface area (Å²) in [4.78, 5) is 23.9. The molecule has 1 aromatic rings. The first-order valence-corrected chi connectivity index (χ1v) is 13.3. The van der Waals surface area contributed by atoms with Crippen molar-refractivity contribution in [3.63, 3.8) is 0 Å². The summed E-state index contributed by atoms with van der Waals surface area (Å²) in [6, 6.07) is 5.68. The van der Waals surface area contributed by atoms with Crippen molar-refractivity contribution >= 4 is 17.6 Å². The van der Waals surface area contributed by atoms with Gasteiger partial charge in [0.05, 0.1) is 13.0 Å². The van der Waals surface area contributed by atoms with Gasteiger partial charge in [-0.25, -0.2) is 0 Å². The SMILES string of the molecule is CCCCCCCC/C=C\CCCCCCCC(=O)Nc1ccc(CC(=O)OCC)c(C)c1. The number of rotatable bonds is 19. The van der Waals surface area contributed by atoms with Crippen LogP contribution in [0.3, 0.4) is 0 Å². The van der Waals surface area contributed by atoms with Crippen LogP contribution in [-0.2, 0) is 20.7 Å². The van der Waals surface area contributed by atoms with E-state index >= 15 is 0 Å². The molecule has 1 aromatic carbocycles. The smallest absolute Gasteiger partial charge is 0.310 e. The van der Waals surface area contributed by atoms with Gasteiger partial charge in [0.2, 0.25) is 5.91 Å². The Balaban J connectivity index is 2.05. The van der Waals surface area contributed by atoms with Gasteiger partial charge in [0.15, 0.2) is 0 Å². The molecule has 0 unspecified atom stereocenters. The average molecular weight is 458 g/mol. The fraction of sp³-hybridized carbons (Fsp3) is 0.655. The van der Waals surface area contributed by atoms with Crippen LogP contribution in [0.1, 0.15) is 115 Å². The Hall–Kier alpha value is -2.10. The Labute approximate surface area is 202 Å². The number of carbonyl (C=O) groups is 2. The zero-order chi connectivity index (χ0) is 24.2. The van der Waals surface area contributed by atoms with E-state index in [4.69, 9.17) is 4.74 Å². The Kier molecular flexibility index (Phi) is 17.0. The molecule has 186 valence electrons. The summed E-state index contributed by atoms with van der Waals surface area (Å²) >= 11 is 0. The molecule has 0 heterocycles. The predicted molar refractivity (Wildman–Crippen MR) is 140 cm³/mol. The first-order chi connectivity index (χ1) is 16.1. The predicted octanol–water partition coefficient (Wildman–Crippen LogP) is 8.08. The maximum Gasteiger partial charge on any atom is 0.310 e. The number of allylic oxidation sites excluding steroid dienone is 2. The molecule has 0 saturated heterocycles. The van der Waals surface area contributed by atoms with Crippen LogP contribution in [-0.4, -0.2) is 18.5 Å². The van der Waals surface area contributed by atoms with Gasteiger partial charge < -0.3 is 10.1 Å². The zero-order valence-corrected chi connectivity index (χ0v) is 21.4. The van der Waals surface area contributed by atoms with Gasteiger partial charge in [-0.2, -0.15) is 0 Å². The molecule has 0 bridgehead atoms. The van der Waals surface area contributed by atoms with Gasteiger partial charge >= 0.3 is 5.97 Å². The second-order valence-corrected chi connectivity index (χ2v) is 9.01. The molecule has 0 aromatic heterocycles. The number of anilines is 1. The number of unbranched alkanes of at least 4 members (excludes halogenated alkanes) is 11. The highest BCUT2D eigenvalue weighted by Gasteiger charge is 2.08. The average Bonchev–Trinajstić information content (AvgIpc) is 2.78. The Morgan fingerprint density at radius 3 is 2.06 bits per heavy atom. The summed E-state index contributed by atoms with van der Waals surface area (Å²) in [5.41, 5.74) is 2.71. The van der Waals surface area contributed by atoms with Crippen molar-refractivity contribution in [1.82, 2.24) is 0 Å². The Morgan fingerprint density at radius 2 is 1.45 bits per heavy atom. The fourth-order valence-corrected chi connectivity index (χ4v) is 3.92. The van der Waals surface area contributed by atoms with Crippen LogP contribution in [0, 0.1) is 6.92 Å². The topological polar surface area (TPSA) is 55.4 Å². The van der Waals surface area contributed by atoms with Gasteiger partial charge in [-0.15, -0.1) is 0 Å². The molecule has 0 aliphatic heterocycles. The third-order valence-corrected chi connectivity index (χ3v) is 5.93. The molecular formula is C29H47NO3. The van der Waals surface area contributed by atoms with E-state index in [9.17, 15) is 9.59 Å². The minimum Gasteiger partial charge on any atom is -0.466 e. The van der Waals surface area contributed by atoms with Crippen LogP contribution < -0.4 is 5.32 Å². The fourth-order valence-electron chi connectivity index (χ4n) is 3.92. The van der Waals surface area contributed by atoms with Gasteiger partial charge in [-0.1, -0.05) is 76.5 Å². The highest BCUT2D eigenvalue weighted by molar-refractivity contribution is 5.90. The van der Waals surface area contributed by atoms with Crippen LogP contribution in [0.2, 0.25) is 0 Å². The van der Waals surface area contributed by atoms with E-state index in [0.717, 1.165) is 29.7 Å². The molecule has 0 aliphatic rings. The van der Waals surface area contributed by atoms with E-state index in [0.29, 0.717) is 13.0 Å². The molecular weight excluding hydrogens is 410 g/mol. The number of nitrogens with one attached hydrogen (secondary N) is 1. The maximum absolute atomic E-state index is 12.2. The standard InChI is InChI=1S/C29H47NO3/c1-4-6-7-8-9-10-11-12-13-14-15-16-17-18-19-20-28(31)30-27-22-21-26(25(3)23-27)24-29(32)33-5-2/h12-13,21-23H,4-11,14-20,24H2,1-3H3,(H,30,31)/b13-12-. The summed E-state index contributed by atoms with van der Waals surface area (Å²) in [5.74, 6) is -0.160. The quantitative estimate of drug-likeness (QED) is 0.130. The molecule has 0 atom stereocenters. The van der Waals surface area contributed by atoms with Crippen molar-refractivity contribution in [2.24, 2.45) is 0 Å². The van der Waals surface area contributed by atoms with Crippen LogP contribution in [0.4, 0.5) is 5.69 Å². The van der Waals surface area contributed by atoms with Crippen LogP contribution in [0.15, 0.2) is 30.4 Å². The maximum atomic E-state index is 12.2. The number of ether oxygens (including phenoxy) is 1. The molecule has 4 heteroatoms. The van der Waals surface area contributed by atoms with Crippen LogP contribution >= 0.6 is 0 Å². The summed E-state index contributed by atoms with van der Waals surface area (Å²) in [5, 5.41) is 2.97. The monoisotopic (exact) mass is 457 g/mol. The minimum atomic E-state index is -0.221. The van der Waals surface area contributed by atoms with E-state index in [1.165, 1.54) is 70.6 Å². The number of aryl methyl sites for hydroxylation is 1. The molecule has 1 amide bonds. The Morgan fingerprint density at radius 1 is 0.848 bits per heavy atom. The summed E-state index contributed by atoms with van der Waals surface area (Å²) in [6.45, 7) is 6.41. The van der Waals surface area contributed by atoms with E-state index < -0.39 is 0 Å². The lowest BCUT2D eigenvalue weighted by molar-refractivity contribution is -0.142. The van der Waals surface area contributed by atoms with Crippen LogP contribution in [0.5, 0.6) is 0 Å². The molecule has 0 radical (unpaired) electrons. The first-order valence-electron chi connectivity index (χ1n) is 13.3. The van der Waals surface area contributed by atoms with Gasteiger partial charge in [-0.05, 0) is 69.2 Å². The van der Waals surface area contributed by atoms with Crippen molar-refractivity contribution in [2.45, 2.75) is 117 Å². The van der Waals surface area contributed by atoms with Crippen molar-refractivity contribution in [2.75, 3.05) is 11.9 Å². The second kappa shape index (κ2) is 19.4. The van der Waals surface area contributed by atoms with E-state index in [2.05, 4.69) is 24.4 Å². The zero-order valence-electron chi connectivity index (χ0n) is 21.4. The molecule has 0 fully saturated rings. The van der Waals surface area contributed by atoms with Gasteiger partial charge in [0.25, 0.3) is 0 Å². The number of esters is 1. The molecule has 0 aliphatic carbocycles. The molecule has 4 nitrogen and oxygen atoms in total. The van der Waals surface area contributed by atoms with Gasteiger partial charge in [0.1, 0.15) is 0 Å². The first kappa shape index (κ1) is 28.9. The Bertz CT molecular complexity index is 696. The largest absolute Gasteiger partial charge is 0.466 e. The third-order valence-electron chi connectivity index (χ3n) is 5.93. The van der Waals surface area contributed by atoms with Crippen LogP contribution in [0.25, 0.3) is 0 Å². The number of hydrogen-bond acceptors (Lipinski definition) is 3. The lowest BCUT2D eigenvalue weighted by atomic mass is 10.0. The van der Waals surface area contributed by atoms with Crippen molar-refractivity contribution in [1.29, 1.82) is 0 Å². The third kappa shape index (κ3) is 15.4. The van der Waals surface area contributed by atoms with Gasteiger partial charge in [-0.3, -0.25) is 9.59 Å². The van der Waals surface area contributed by atoms with Crippen molar-refractivity contribution in [3.05, 3.63) is 41.5 Å². The molecule has 1 rings (SSSR count).